The summed E-state index contributed by atoms with van der Waals surface area (Å²) in [5.41, 5.74) is 1.81. The second kappa shape index (κ2) is 8.41. The Labute approximate surface area is 192 Å². The molecule has 170 valence electrons. The van der Waals surface area contributed by atoms with Crippen molar-refractivity contribution < 1.29 is 14.4 Å². The first-order valence-electron chi connectivity index (χ1n) is 10.4. The lowest BCUT2D eigenvalue weighted by Crippen LogP contribution is -2.47. The number of hydrogen-bond donors (Lipinski definition) is 1. The van der Waals surface area contributed by atoms with Crippen LogP contribution in [0.5, 0.6) is 5.88 Å². The van der Waals surface area contributed by atoms with Crippen molar-refractivity contribution in [3.63, 3.8) is 0 Å². The van der Waals surface area contributed by atoms with Crippen molar-refractivity contribution in [2.24, 2.45) is 0 Å². The van der Waals surface area contributed by atoms with Gasteiger partial charge in [0.05, 0.1) is 15.8 Å². The van der Waals surface area contributed by atoms with Crippen LogP contribution in [0, 0.1) is 22.9 Å². The number of aryl methyl sites for hydroxylation is 1. The van der Waals surface area contributed by atoms with E-state index < -0.39 is 4.92 Å². The predicted molar refractivity (Wildman–Crippen MR) is 122 cm³/mol. The molecule has 0 spiro atoms. The summed E-state index contributed by atoms with van der Waals surface area (Å²) in [7, 11) is 0. The fraction of sp³-hybridized carbons (Fsp3) is 0.273. The Bertz CT molecular complexity index is 1300. The van der Waals surface area contributed by atoms with Gasteiger partial charge in [-0.2, -0.15) is 4.52 Å². The quantitative estimate of drug-likeness (QED) is 0.352. The summed E-state index contributed by atoms with van der Waals surface area (Å²) in [5, 5.41) is 26.3. The van der Waals surface area contributed by atoms with Gasteiger partial charge >= 0.3 is 0 Å². The molecule has 4 aromatic rings. The number of fused-ring (bicyclic) bond motifs is 1. The summed E-state index contributed by atoms with van der Waals surface area (Å²) in [6.45, 7) is 4.57. The second-order valence-electron chi connectivity index (χ2n) is 7.89. The first-order valence-corrected chi connectivity index (χ1v) is 11.3. The molecule has 9 nitrogen and oxygen atoms in total. The summed E-state index contributed by atoms with van der Waals surface area (Å²) in [4.78, 5) is 20.8. The number of aromatic nitrogens is 3. The Morgan fingerprint density at radius 2 is 1.76 bits per heavy atom. The van der Waals surface area contributed by atoms with E-state index in [1.165, 1.54) is 40.1 Å². The first kappa shape index (κ1) is 21.3. The Morgan fingerprint density at radius 3 is 2.36 bits per heavy atom. The molecule has 0 bridgehead atoms. The molecular formula is C22H21FN6O3S. The summed E-state index contributed by atoms with van der Waals surface area (Å²) >= 11 is 1.36. The van der Waals surface area contributed by atoms with Crippen LogP contribution in [0.2, 0.25) is 0 Å². The zero-order chi connectivity index (χ0) is 23.1. The lowest BCUT2D eigenvalue weighted by Gasteiger charge is -2.40. The van der Waals surface area contributed by atoms with E-state index in [9.17, 15) is 19.6 Å². The van der Waals surface area contributed by atoms with E-state index in [0.717, 1.165) is 24.3 Å². The van der Waals surface area contributed by atoms with Crippen LogP contribution in [0.15, 0.2) is 48.5 Å². The zero-order valence-electron chi connectivity index (χ0n) is 17.8. The van der Waals surface area contributed by atoms with Crippen LogP contribution in [-0.4, -0.2) is 55.7 Å². The molecular weight excluding hydrogens is 447 g/mol. The molecule has 1 aliphatic rings. The first-order chi connectivity index (χ1) is 15.9. The van der Waals surface area contributed by atoms with E-state index >= 15 is 0 Å². The SMILES string of the molecule is Cc1nc2sc(C(c3ccc([N+](=O)[O-])cc3)N3CCN(c4ccc(F)cc4)CC3)c(O)n2n1. The topological polar surface area (TPSA) is 100 Å². The van der Waals surface area contributed by atoms with Crippen LogP contribution in [0.1, 0.15) is 22.3 Å². The number of rotatable bonds is 5. The smallest absolute Gasteiger partial charge is 0.269 e. The van der Waals surface area contributed by atoms with Crippen LogP contribution in [-0.2, 0) is 0 Å². The molecule has 0 amide bonds. The molecule has 1 aliphatic heterocycles. The van der Waals surface area contributed by atoms with Crippen molar-refractivity contribution in [2.45, 2.75) is 13.0 Å². The molecule has 1 atom stereocenters. The Kier molecular flexibility index (Phi) is 5.43. The van der Waals surface area contributed by atoms with Crippen molar-refractivity contribution >= 4 is 27.7 Å². The largest absolute Gasteiger partial charge is 0.492 e. The number of non-ortho nitro benzene ring substituents is 1. The molecule has 1 fully saturated rings. The number of nitro groups is 1. The predicted octanol–water partition coefficient (Wildman–Crippen LogP) is 3.76. The molecule has 3 heterocycles. The minimum absolute atomic E-state index is 0.0149. The summed E-state index contributed by atoms with van der Waals surface area (Å²) in [5.74, 6) is 0.334. The van der Waals surface area contributed by atoms with Gasteiger partial charge in [0.15, 0.2) is 0 Å². The highest BCUT2D eigenvalue weighted by atomic mass is 32.1. The lowest BCUT2D eigenvalue weighted by molar-refractivity contribution is -0.384. The molecule has 1 N–H and O–H groups in total. The van der Waals surface area contributed by atoms with Crippen LogP contribution in [0.3, 0.4) is 0 Å². The van der Waals surface area contributed by atoms with Gasteiger partial charge in [-0.05, 0) is 36.8 Å². The van der Waals surface area contributed by atoms with Gasteiger partial charge in [-0.15, -0.1) is 5.10 Å². The normalized spacial score (nSPS) is 15.8. The maximum Gasteiger partial charge on any atom is 0.269 e. The molecule has 0 radical (unpaired) electrons. The van der Waals surface area contributed by atoms with Gasteiger partial charge in [0.1, 0.15) is 11.6 Å². The monoisotopic (exact) mass is 468 g/mol. The van der Waals surface area contributed by atoms with Gasteiger partial charge in [0.2, 0.25) is 10.8 Å². The molecule has 33 heavy (non-hydrogen) atoms. The summed E-state index contributed by atoms with van der Waals surface area (Å²) < 4.78 is 14.7. The maximum absolute atomic E-state index is 13.3. The number of nitro benzene ring substituents is 1. The number of nitrogens with zero attached hydrogens (tertiary/aromatic N) is 6. The van der Waals surface area contributed by atoms with Crippen molar-refractivity contribution in [3.8, 4) is 5.88 Å². The van der Waals surface area contributed by atoms with Crippen LogP contribution < -0.4 is 4.90 Å². The minimum atomic E-state index is -0.427. The highest BCUT2D eigenvalue weighted by Gasteiger charge is 2.32. The molecule has 2 aromatic carbocycles. The molecule has 5 rings (SSSR count). The van der Waals surface area contributed by atoms with E-state index in [1.807, 2.05) is 0 Å². The average Bonchev–Trinajstić information content (AvgIpc) is 3.32. The number of benzene rings is 2. The molecule has 0 saturated carbocycles. The second-order valence-corrected chi connectivity index (χ2v) is 8.90. The van der Waals surface area contributed by atoms with Crippen LogP contribution >= 0.6 is 11.3 Å². The molecule has 2 aromatic heterocycles. The number of anilines is 1. The van der Waals surface area contributed by atoms with E-state index in [4.69, 9.17) is 0 Å². The Balaban J connectivity index is 1.47. The van der Waals surface area contributed by atoms with Crippen molar-refractivity contribution in [1.29, 1.82) is 0 Å². The standard InChI is InChI=1S/C22H21FN6O3S/c1-14-24-22-28(25-14)21(30)20(33-22)19(15-2-6-18(7-3-15)29(31)32)27-12-10-26(11-13-27)17-8-4-16(23)5-9-17/h2-9,19,30H,10-13H2,1H3. The molecule has 1 saturated heterocycles. The lowest BCUT2D eigenvalue weighted by atomic mass is 10.0. The number of thiazole rings is 1. The number of hydrogen-bond acceptors (Lipinski definition) is 8. The van der Waals surface area contributed by atoms with Gasteiger partial charge in [0.25, 0.3) is 5.69 Å². The van der Waals surface area contributed by atoms with Crippen molar-refractivity contribution in [3.05, 3.63) is 80.7 Å². The summed E-state index contributed by atoms with van der Waals surface area (Å²) in [6, 6.07) is 12.6. The third-order valence-corrected chi connectivity index (χ3v) is 6.92. The van der Waals surface area contributed by atoms with Crippen molar-refractivity contribution in [2.75, 3.05) is 31.1 Å². The Hall–Kier alpha value is -3.57. The van der Waals surface area contributed by atoms with Gasteiger partial charge in [-0.3, -0.25) is 15.0 Å². The molecule has 11 heteroatoms. The van der Waals surface area contributed by atoms with Crippen molar-refractivity contribution in [1.82, 2.24) is 19.5 Å². The minimum Gasteiger partial charge on any atom is -0.492 e. The number of aromatic hydroxyl groups is 1. The van der Waals surface area contributed by atoms with Gasteiger partial charge in [0, 0.05) is 44.0 Å². The van der Waals surface area contributed by atoms with E-state index in [1.54, 1.807) is 31.2 Å². The van der Waals surface area contributed by atoms with Gasteiger partial charge in [-0.1, -0.05) is 23.5 Å². The van der Waals surface area contributed by atoms with Crippen LogP contribution in [0.4, 0.5) is 15.8 Å². The number of piperazine rings is 1. The van der Waals surface area contributed by atoms with E-state index in [2.05, 4.69) is 19.9 Å². The highest BCUT2D eigenvalue weighted by Crippen LogP contribution is 2.40. The molecule has 0 aliphatic carbocycles. The fourth-order valence-electron chi connectivity index (χ4n) is 4.22. The van der Waals surface area contributed by atoms with E-state index in [-0.39, 0.29) is 23.4 Å². The van der Waals surface area contributed by atoms with Crippen LogP contribution in [0.25, 0.3) is 4.96 Å². The van der Waals surface area contributed by atoms with Gasteiger partial charge < -0.3 is 10.0 Å². The van der Waals surface area contributed by atoms with Gasteiger partial charge in [-0.25, -0.2) is 9.37 Å². The average molecular weight is 469 g/mol. The van der Waals surface area contributed by atoms with E-state index in [0.29, 0.717) is 28.8 Å². The Morgan fingerprint density at radius 1 is 1.09 bits per heavy atom. The maximum atomic E-state index is 13.3. The third kappa shape index (κ3) is 4.00. The highest BCUT2D eigenvalue weighted by molar-refractivity contribution is 7.17. The summed E-state index contributed by atoms with van der Waals surface area (Å²) in [6.07, 6.45) is 0. The molecule has 1 unspecified atom stereocenters. The third-order valence-electron chi connectivity index (χ3n) is 5.84. The number of halogens is 1. The fourth-order valence-corrected chi connectivity index (χ4v) is 5.39. The zero-order valence-corrected chi connectivity index (χ0v) is 18.6.